The molecule has 1 fully saturated rings. The highest BCUT2D eigenvalue weighted by molar-refractivity contribution is 5.81. The molecule has 1 aliphatic heterocycles. The molecule has 1 amide bonds. The molecule has 0 spiro atoms. The van der Waals surface area contributed by atoms with Crippen LogP contribution in [0.2, 0.25) is 0 Å². The summed E-state index contributed by atoms with van der Waals surface area (Å²) in [4.78, 5) is 24.3. The van der Waals surface area contributed by atoms with Crippen molar-refractivity contribution in [1.82, 2.24) is 4.90 Å². The van der Waals surface area contributed by atoms with E-state index >= 15 is 0 Å². The molecule has 0 radical (unpaired) electrons. The molecule has 2 unspecified atom stereocenters. The van der Waals surface area contributed by atoms with Crippen molar-refractivity contribution in [2.75, 3.05) is 0 Å². The highest BCUT2D eigenvalue weighted by atomic mass is 16.6. The monoisotopic (exact) mass is 241 g/mol. The Morgan fingerprint density at radius 2 is 2.00 bits per heavy atom. The number of amides is 1. The molecule has 0 bridgehead atoms. The maximum absolute atomic E-state index is 11.9. The molecule has 0 aromatic heterocycles. The standard InChI is InChI=1S/C12H19NO4/c1-5-8-6-7-9(10(14)15)13(8)11(16)17-12(2,3)4/h5,8-9H,1,6-7H2,2-4H3,(H,14,15). The van der Waals surface area contributed by atoms with Gasteiger partial charge in [0.15, 0.2) is 0 Å². The third-order valence-electron chi connectivity index (χ3n) is 2.59. The lowest BCUT2D eigenvalue weighted by Gasteiger charge is -2.29. The van der Waals surface area contributed by atoms with E-state index in [1.807, 2.05) is 0 Å². The van der Waals surface area contributed by atoms with Gasteiger partial charge < -0.3 is 9.84 Å². The Bertz CT molecular complexity index is 332. The van der Waals surface area contributed by atoms with Crippen LogP contribution in [0.3, 0.4) is 0 Å². The van der Waals surface area contributed by atoms with E-state index in [9.17, 15) is 9.59 Å². The second-order valence-corrected chi connectivity index (χ2v) is 5.12. The quantitative estimate of drug-likeness (QED) is 0.751. The molecule has 5 heteroatoms. The number of ether oxygens (including phenoxy) is 1. The number of hydrogen-bond acceptors (Lipinski definition) is 3. The molecule has 0 aromatic rings. The fraction of sp³-hybridized carbons (Fsp3) is 0.667. The molecular formula is C12H19NO4. The van der Waals surface area contributed by atoms with Crippen molar-refractivity contribution < 1.29 is 19.4 Å². The van der Waals surface area contributed by atoms with Crippen molar-refractivity contribution in [1.29, 1.82) is 0 Å². The van der Waals surface area contributed by atoms with Crippen LogP contribution in [0.1, 0.15) is 33.6 Å². The molecule has 17 heavy (non-hydrogen) atoms. The van der Waals surface area contributed by atoms with Gasteiger partial charge in [-0.3, -0.25) is 4.90 Å². The van der Waals surface area contributed by atoms with Gasteiger partial charge in [-0.25, -0.2) is 9.59 Å². The van der Waals surface area contributed by atoms with E-state index in [0.29, 0.717) is 12.8 Å². The van der Waals surface area contributed by atoms with E-state index in [1.165, 1.54) is 4.90 Å². The third kappa shape index (κ3) is 3.22. The van der Waals surface area contributed by atoms with E-state index in [-0.39, 0.29) is 6.04 Å². The number of likely N-dealkylation sites (tertiary alicyclic amines) is 1. The van der Waals surface area contributed by atoms with Gasteiger partial charge in [-0.1, -0.05) is 6.08 Å². The number of carboxylic acids is 1. The molecule has 1 N–H and O–H groups in total. The summed E-state index contributed by atoms with van der Waals surface area (Å²) in [7, 11) is 0. The van der Waals surface area contributed by atoms with Gasteiger partial charge >= 0.3 is 12.1 Å². The van der Waals surface area contributed by atoms with E-state index in [4.69, 9.17) is 9.84 Å². The molecule has 1 saturated heterocycles. The van der Waals surface area contributed by atoms with Crippen molar-refractivity contribution >= 4 is 12.1 Å². The topological polar surface area (TPSA) is 66.8 Å². The Kier molecular flexibility index (Phi) is 3.80. The average Bonchev–Trinajstić information content (AvgIpc) is 2.57. The lowest BCUT2D eigenvalue weighted by Crippen LogP contribution is -2.46. The Labute approximate surface area is 101 Å². The molecule has 0 aromatic carbocycles. The summed E-state index contributed by atoms with van der Waals surface area (Å²) in [6, 6.07) is -1.07. The fourth-order valence-corrected chi connectivity index (χ4v) is 1.89. The number of carboxylic acid groups (broad SMARTS) is 1. The average molecular weight is 241 g/mol. The van der Waals surface area contributed by atoms with Gasteiger partial charge in [-0.05, 0) is 33.6 Å². The zero-order valence-corrected chi connectivity index (χ0v) is 10.5. The van der Waals surface area contributed by atoms with Gasteiger partial charge in [-0.2, -0.15) is 0 Å². The first-order chi connectivity index (χ1) is 7.76. The van der Waals surface area contributed by atoms with E-state index < -0.39 is 23.7 Å². The van der Waals surface area contributed by atoms with Crippen molar-refractivity contribution in [2.45, 2.75) is 51.3 Å². The Hall–Kier alpha value is -1.52. The van der Waals surface area contributed by atoms with Crippen LogP contribution in [0.25, 0.3) is 0 Å². The van der Waals surface area contributed by atoms with Crippen LogP contribution >= 0.6 is 0 Å². The number of carbonyl (C=O) groups excluding carboxylic acids is 1. The number of carbonyl (C=O) groups is 2. The van der Waals surface area contributed by atoms with Crippen molar-refractivity contribution in [3.05, 3.63) is 12.7 Å². The summed E-state index contributed by atoms with van der Waals surface area (Å²) in [5, 5.41) is 9.06. The predicted octanol–water partition coefficient (Wildman–Crippen LogP) is 2.03. The summed E-state index contributed by atoms with van der Waals surface area (Å²) in [5.41, 5.74) is -0.631. The minimum atomic E-state index is -1.000. The van der Waals surface area contributed by atoms with E-state index in [0.717, 1.165) is 0 Å². The highest BCUT2D eigenvalue weighted by Gasteiger charge is 2.41. The summed E-state index contributed by atoms with van der Waals surface area (Å²) < 4.78 is 5.21. The van der Waals surface area contributed by atoms with Crippen LogP contribution in [0, 0.1) is 0 Å². The van der Waals surface area contributed by atoms with Crippen LogP contribution in [0.15, 0.2) is 12.7 Å². The summed E-state index contributed by atoms with van der Waals surface area (Å²) in [5.74, 6) is -1.000. The third-order valence-corrected chi connectivity index (χ3v) is 2.59. The molecule has 1 rings (SSSR count). The minimum Gasteiger partial charge on any atom is -0.480 e. The molecule has 5 nitrogen and oxygen atoms in total. The number of aliphatic carboxylic acids is 1. The summed E-state index contributed by atoms with van der Waals surface area (Å²) in [6.07, 6.45) is 2.05. The Morgan fingerprint density at radius 1 is 1.41 bits per heavy atom. The maximum Gasteiger partial charge on any atom is 0.411 e. The zero-order valence-electron chi connectivity index (χ0n) is 10.5. The van der Waals surface area contributed by atoms with Crippen LogP contribution in [0.5, 0.6) is 0 Å². The molecular weight excluding hydrogens is 222 g/mol. The van der Waals surface area contributed by atoms with E-state index in [1.54, 1.807) is 26.8 Å². The first kappa shape index (κ1) is 13.5. The Morgan fingerprint density at radius 3 is 2.41 bits per heavy atom. The lowest BCUT2D eigenvalue weighted by molar-refractivity contribution is -0.142. The Balaban J connectivity index is 2.85. The van der Waals surface area contributed by atoms with Crippen LogP contribution in [-0.4, -0.2) is 39.8 Å². The largest absolute Gasteiger partial charge is 0.480 e. The first-order valence-electron chi connectivity index (χ1n) is 5.63. The summed E-state index contributed by atoms with van der Waals surface area (Å²) in [6.45, 7) is 8.87. The van der Waals surface area contributed by atoms with Crippen LogP contribution in [-0.2, 0) is 9.53 Å². The van der Waals surface area contributed by atoms with Gasteiger partial charge in [0.05, 0.1) is 6.04 Å². The van der Waals surface area contributed by atoms with Crippen LogP contribution < -0.4 is 0 Å². The van der Waals surface area contributed by atoms with Crippen molar-refractivity contribution in [3.63, 3.8) is 0 Å². The smallest absolute Gasteiger partial charge is 0.411 e. The second kappa shape index (κ2) is 4.77. The number of hydrogen-bond donors (Lipinski definition) is 1. The van der Waals surface area contributed by atoms with Gasteiger partial charge in [0.2, 0.25) is 0 Å². The van der Waals surface area contributed by atoms with Gasteiger partial charge in [0, 0.05) is 0 Å². The maximum atomic E-state index is 11.9. The number of nitrogens with zero attached hydrogens (tertiary/aromatic N) is 1. The van der Waals surface area contributed by atoms with Gasteiger partial charge in [-0.15, -0.1) is 6.58 Å². The SMILES string of the molecule is C=CC1CCC(C(=O)O)N1C(=O)OC(C)(C)C. The lowest BCUT2D eigenvalue weighted by atomic mass is 10.2. The highest BCUT2D eigenvalue weighted by Crippen LogP contribution is 2.27. The number of rotatable bonds is 2. The zero-order chi connectivity index (χ0) is 13.2. The molecule has 96 valence electrons. The summed E-state index contributed by atoms with van der Waals surface area (Å²) >= 11 is 0. The molecule has 1 aliphatic rings. The molecule has 0 aliphatic carbocycles. The predicted molar refractivity (Wildman–Crippen MR) is 62.7 cm³/mol. The van der Waals surface area contributed by atoms with Crippen molar-refractivity contribution in [3.8, 4) is 0 Å². The molecule has 0 saturated carbocycles. The fourth-order valence-electron chi connectivity index (χ4n) is 1.89. The second-order valence-electron chi connectivity index (χ2n) is 5.12. The minimum absolute atomic E-state index is 0.258. The van der Waals surface area contributed by atoms with Gasteiger partial charge in [0.25, 0.3) is 0 Å². The van der Waals surface area contributed by atoms with Crippen LogP contribution in [0.4, 0.5) is 4.79 Å². The van der Waals surface area contributed by atoms with Crippen molar-refractivity contribution in [2.24, 2.45) is 0 Å². The molecule has 1 heterocycles. The molecule has 2 atom stereocenters. The van der Waals surface area contributed by atoms with E-state index in [2.05, 4.69) is 6.58 Å². The first-order valence-corrected chi connectivity index (χ1v) is 5.63. The van der Waals surface area contributed by atoms with Gasteiger partial charge in [0.1, 0.15) is 11.6 Å². The normalized spacial score (nSPS) is 24.5.